The fraction of sp³-hybridized carbons (Fsp3) is 0.833. The Kier molecular flexibility index (Phi) is 2.62. The van der Waals surface area contributed by atoms with Gasteiger partial charge in [0.15, 0.2) is 0 Å². The summed E-state index contributed by atoms with van der Waals surface area (Å²) in [6, 6.07) is -0.486. The van der Waals surface area contributed by atoms with Crippen molar-refractivity contribution in [2.75, 3.05) is 6.54 Å². The molecule has 0 aromatic rings. The van der Waals surface area contributed by atoms with Crippen LogP contribution in [0.5, 0.6) is 0 Å². The van der Waals surface area contributed by atoms with Gasteiger partial charge < -0.3 is 10.4 Å². The van der Waals surface area contributed by atoms with E-state index in [1.165, 1.54) is 0 Å². The fourth-order valence-electron chi connectivity index (χ4n) is 1.03. The Hall–Kier alpha value is 0.01000. The molecule has 0 aliphatic carbocycles. The molecule has 1 heterocycles. The van der Waals surface area contributed by atoms with Crippen LogP contribution in [0.15, 0.2) is 0 Å². The Morgan fingerprint density at radius 3 is 2.64 bits per heavy atom. The van der Waals surface area contributed by atoms with E-state index >= 15 is 0 Å². The van der Waals surface area contributed by atoms with Gasteiger partial charge in [-0.05, 0) is 12.8 Å². The molecule has 0 aromatic heterocycles. The highest BCUT2D eigenvalue weighted by Crippen LogP contribution is 2.29. The van der Waals surface area contributed by atoms with Gasteiger partial charge >= 0.3 is 5.97 Å². The largest absolute Gasteiger partial charge is 0.480 e. The van der Waals surface area contributed by atoms with Gasteiger partial charge in [-0.15, -0.1) is 23.2 Å². The fourth-order valence-corrected chi connectivity index (χ4v) is 1.40. The van der Waals surface area contributed by atoms with E-state index in [0.717, 1.165) is 0 Å². The lowest BCUT2D eigenvalue weighted by Crippen LogP contribution is -2.48. The molecule has 1 fully saturated rings. The minimum absolute atomic E-state index is 0.340. The second kappa shape index (κ2) is 3.17. The lowest BCUT2D eigenvalue weighted by Gasteiger charge is -2.29. The van der Waals surface area contributed by atoms with Crippen molar-refractivity contribution in [3.05, 3.63) is 0 Å². The van der Waals surface area contributed by atoms with E-state index in [1.807, 2.05) is 0 Å². The zero-order valence-electron chi connectivity index (χ0n) is 5.81. The van der Waals surface area contributed by atoms with E-state index in [0.29, 0.717) is 19.4 Å². The number of piperidine rings is 1. The predicted molar refractivity (Wildman–Crippen MR) is 43.1 cm³/mol. The number of carboxylic acid groups (broad SMARTS) is 1. The SMILES string of the molecule is O=C(O)C1CCC(Cl)(Cl)CN1. The summed E-state index contributed by atoms with van der Waals surface area (Å²) in [6.07, 6.45) is 1.02. The Morgan fingerprint density at radius 1 is 1.64 bits per heavy atom. The van der Waals surface area contributed by atoms with Gasteiger partial charge in [-0.1, -0.05) is 0 Å². The van der Waals surface area contributed by atoms with Crippen molar-refractivity contribution in [2.45, 2.75) is 23.2 Å². The minimum Gasteiger partial charge on any atom is -0.480 e. The molecule has 1 saturated heterocycles. The minimum atomic E-state index is -0.839. The number of halogens is 2. The molecule has 0 amide bonds. The maximum atomic E-state index is 10.4. The van der Waals surface area contributed by atoms with Crippen molar-refractivity contribution < 1.29 is 9.90 Å². The third-order valence-corrected chi connectivity index (χ3v) is 2.35. The van der Waals surface area contributed by atoms with Crippen molar-refractivity contribution in [1.29, 1.82) is 0 Å². The topological polar surface area (TPSA) is 49.3 Å². The summed E-state index contributed by atoms with van der Waals surface area (Å²) < 4.78 is -0.786. The van der Waals surface area contributed by atoms with Crippen LogP contribution in [-0.2, 0) is 4.79 Å². The van der Waals surface area contributed by atoms with Gasteiger partial charge in [0, 0.05) is 6.54 Å². The number of alkyl halides is 2. The number of nitrogens with one attached hydrogen (secondary N) is 1. The summed E-state index contributed by atoms with van der Waals surface area (Å²) in [7, 11) is 0. The van der Waals surface area contributed by atoms with Gasteiger partial charge in [-0.25, -0.2) is 0 Å². The van der Waals surface area contributed by atoms with Crippen LogP contribution in [0.2, 0.25) is 0 Å². The van der Waals surface area contributed by atoms with Crippen molar-refractivity contribution >= 4 is 29.2 Å². The van der Waals surface area contributed by atoms with Crippen LogP contribution in [0.3, 0.4) is 0 Å². The van der Waals surface area contributed by atoms with Crippen LogP contribution in [0, 0.1) is 0 Å². The first-order valence-electron chi connectivity index (χ1n) is 3.35. The first kappa shape index (κ1) is 9.10. The summed E-state index contributed by atoms with van der Waals surface area (Å²) in [5, 5.41) is 11.3. The molecule has 64 valence electrons. The second-order valence-corrected chi connectivity index (χ2v) is 4.31. The average molecular weight is 198 g/mol. The Morgan fingerprint density at radius 2 is 2.27 bits per heavy atom. The van der Waals surface area contributed by atoms with Crippen molar-refractivity contribution in [3.8, 4) is 0 Å². The molecule has 1 unspecified atom stereocenters. The number of carbonyl (C=O) groups is 1. The molecule has 0 spiro atoms. The first-order valence-corrected chi connectivity index (χ1v) is 4.11. The van der Waals surface area contributed by atoms with E-state index in [-0.39, 0.29) is 0 Å². The monoisotopic (exact) mass is 197 g/mol. The number of hydrogen-bond acceptors (Lipinski definition) is 2. The third kappa shape index (κ3) is 2.51. The maximum absolute atomic E-state index is 10.4. The summed E-state index contributed by atoms with van der Waals surface area (Å²) in [5.41, 5.74) is 0. The van der Waals surface area contributed by atoms with E-state index < -0.39 is 16.3 Å². The molecule has 1 atom stereocenters. The van der Waals surface area contributed by atoms with Crippen molar-refractivity contribution in [3.63, 3.8) is 0 Å². The molecule has 0 aromatic carbocycles. The van der Waals surface area contributed by atoms with Gasteiger partial charge in [0.2, 0.25) is 0 Å². The highest BCUT2D eigenvalue weighted by atomic mass is 35.5. The summed E-state index contributed by atoms with van der Waals surface area (Å²) >= 11 is 11.5. The first-order chi connectivity index (χ1) is 5.01. The van der Waals surface area contributed by atoms with E-state index in [1.54, 1.807) is 0 Å². The maximum Gasteiger partial charge on any atom is 0.320 e. The zero-order chi connectivity index (χ0) is 8.48. The average Bonchev–Trinajstić information content (AvgIpc) is 1.86. The summed E-state index contributed by atoms with van der Waals surface area (Å²) in [6.45, 7) is 0.340. The predicted octanol–water partition coefficient (Wildman–Crippen LogP) is 0.997. The summed E-state index contributed by atoms with van der Waals surface area (Å²) in [5.74, 6) is -0.839. The molecular weight excluding hydrogens is 189 g/mol. The zero-order valence-corrected chi connectivity index (χ0v) is 7.32. The lowest BCUT2D eigenvalue weighted by molar-refractivity contribution is -0.140. The van der Waals surface area contributed by atoms with E-state index in [2.05, 4.69) is 5.32 Å². The van der Waals surface area contributed by atoms with E-state index in [4.69, 9.17) is 28.3 Å². The van der Waals surface area contributed by atoms with Crippen LogP contribution in [0.4, 0.5) is 0 Å². The smallest absolute Gasteiger partial charge is 0.320 e. The molecule has 0 radical (unpaired) electrons. The normalized spacial score (nSPS) is 29.8. The summed E-state index contributed by atoms with van der Waals surface area (Å²) in [4.78, 5) is 10.4. The third-order valence-electron chi connectivity index (χ3n) is 1.70. The van der Waals surface area contributed by atoms with Gasteiger partial charge in [-0.2, -0.15) is 0 Å². The molecule has 0 saturated carbocycles. The van der Waals surface area contributed by atoms with Crippen LogP contribution >= 0.6 is 23.2 Å². The Labute approximate surface area is 74.7 Å². The van der Waals surface area contributed by atoms with Gasteiger partial charge in [0.05, 0.1) is 0 Å². The number of carboxylic acids is 1. The van der Waals surface area contributed by atoms with Crippen LogP contribution in [0.25, 0.3) is 0 Å². The molecule has 1 aliphatic rings. The highest BCUT2D eigenvalue weighted by molar-refractivity contribution is 6.48. The number of rotatable bonds is 1. The van der Waals surface area contributed by atoms with Gasteiger partial charge in [0.1, 0.15) is 10.4 Å². The molecule has 0 bridgehead atoms. The molecule has 1 aliphatic heterocycles. The van der Waals surface area contributed by atoms with Crippen LogP contribution in [-0.4, -0.2) is 28.0 Å². The Bertz CT molecular complexity index is 162. The molecular formula is C6H9Cl2NO2. The number of hydrogen-bond donors (Lipinski definition) is 2. The standard InChI is InChI=1S/C6H9Cl2NO2/c7-6(8)2-1-4(5(10)11)9-3-6/h4,9H,1-3H2,(H,10,11). The molecule has 1 rings (SSSR count). The van der Waals surface area contributed by atoms with Crippen molar-refractivity contribution in [1.82, 2.24) is 5.32 Å². The second-order valence-electron chi connectivity index (χ2n) is 2.67. The van der Waals surface area contributed by atoms with Gasteiger partial charge in [0.25, 0.3) is 0 Å². The Balaban J connectivity index is 2.42. The molecule has 2 N–H and O–H groups in total. The van der Waals surface area contributed by atoms with E-state index in [9.17, 15) is 4.79 Å². The van der Waals surface area contributed by atoms with Crippen LogP contribution in [0.1, 0.15) is 12.8 Å². The van der Waals surface area contributed by atoms with Crippen LogP contribution < -0.4 is 5.32 Å². The molecule has 5 heteroatoms. The van der Waals surface area contributed by atoms with Crippen molar-refractivity contribution in [2.24, 2.45) is 0 Å². The quantitative estimate of drug-likeness (QED) is 0.618. The van der Waals surface area contributed by atoms with Gasteiger partial charge in [-0.3, -0.25) is 4.79 Å². The highest BCUT2D eigenvalue weighted by Gasteiger charge is 2.33. The number of aliphatic carboxylic acids is 1. The lowest BCUT2D eigenvalue weighted by atomic mass is 10.0. The molecule has 3 nitrogen and oxygen atoms in total. The molecule has 11 heavy (non-hydrogen) atoms.